The van der Waals surface area contributed by atoms with Gasteiger partial charge < -0.3 is 11.1 Å². The maximum atomic E-state index is 13.1. The zero-order chi connectivity index (χ0) is 20.4. The molecule has 2 aromatic rings. The number of hydrazone groups is 1. The van der Waals surface area contributed by atoms with E-state index < -0.39 is 28.6 Å². The Labute approximate surface area is 158 Å². The maximum absolute atomic E-state index is 13.1. The summed E-state index contributed by atoms with van der Waals surface area (Å²) >= 11 is 0. The summed E-state index contributed by atoms with van der Waals surface area (Å²) in [4.78, 5) is 34.9. The summed E-state index contributed by atoms with van der Waals surface area (Å²) < 4.78 is 13.1. The van der Waals surface area contributed by atoms with Crippen LogP contribution in [0.25, 0.3) is 0 Å². The van der Waals surface area contributed by atoms with Crippen molar-refractivity contribution < 1.29 is 18.9 Å². The van der Waals surface area contributed by atoms with Gasteiger partial charge in [0.1, 0.15) is 17.6 Å². The van der Waals surface area contributed by atoms with Crippen molar-refractivity contribution in [3.8, 4) is 0 Å². The van der Waals surface area contributed by atoms with Gasteiger partial charge in [-0.05, 0) is 37.3 Å². The summed E-state index contributed by atoms with van der Waals surface area (Å²) in [7, 11) is 0. The molecule has 28 heavy (non-hydrogen) atoms. The van der Waals surface area contributed by atoms with Crippen molar-refractivity contribution in [3.63, 3.8) is 0 Å². The number of benzene rings is 2. The highest BCUT2D eigenvalue weighted by Gasteiger charge is 2.35. The molecule has 3 N–H and O–H groups in total. The van der Waals surface area contributed by atoms with Crippen molar-refractivity contribution in [2.45, 2.75) is 19.4 Å². The number of hydrogen-bond donors (Lipinski definition) is 2. The van der Waals surface area contributed by atoms with Gasteiger partial charge in [-0.1, -0.05) is 6.07 Å². The van der Waals surface area contributed by atoms with Crippen LogP contribution in [-0.4, -0.2) is 28.5 Å². The topological polar surface area (TPSA) is 131 Å². The maximum Gasteiger partial charge on any atom is 0.274 e. The average molecular weight is 385 g/mol. The Morgan fingerprint density at radius 3 is 2.57 bits per heavy atom. The number of anilines is 2. The summed E-state index contributed by atoms with van der Waals surface area (Å²) in [5.74, 6) is -1.76. The molecule has 3 rings (SSSR count). The van der Waals surface area contributed by atoms with Crippen LogP contribution in [0, 0.1) is 22.9 Å². The van der Waals surface area contributed by atoms with E-state index in [-0.39, 0.29) is 23.5 Å². The first-order valence-electron chi connectivity index (χ1n) is 8.25. The summed E-state index contributed by atoms with van der Waals surface area (Å²) in [6, 6.07) is 8.64. The number of nitrogens with zero attached hydrogens (tertiary/aromatic N) is 3. The molecular weight excluding hydrogens is 369 g/mol. The van der Waals surface area contributed by atoms with Gasteiger partial charge in [-0.25, -0.2) is 4.39 Å². The van der Waals surface area contributed by atoms with E-state index in [4.69, 9.17) is 5.73 Å². The molecule has 0 aliphatic carbocycles. The molecule has 0 saturated heterocycles. The lowest BCUT2D eigenvalue weighted by Crippen LogP contribution is -2.39. The molecule has 9 nitrogen and oxygen atoms in total. The van der Waals surface area contributed by atoms with Gasteiger partial charge >= 0.3 is 0 Å². The molecule has 1 aliphatic heterocycles. The highest BCUT2D eigenvalue weighted by Crippen LogP contribution is 2.27. The third-order valence-electron chi connectivity index (χ3n) is 4.34. The minimum Gasteiger partial charge on any atom is -0.368 e. The van der Waals surface area contributed by atoms with Crippen LogP contribution >= 0.6 is 0 Å². The minimum absolute atomic E-state index is 0.0269. The molecule has 0 radical (unpaired) electrons. The van der Waals surface area contributed by atoms with Crippen LogP contribution in [0.3, 0.4) is 0 Å². The summed E-state index contributed by atoms with van der Waals surface area (Å²) in [5, 5.41) is 19.0. The third-order valence-corrected chi connectivity index (χ3v) is 4.34. The van der Waals surface area contributed by atoms with Crippen molar-refractivity contribution in [1.29, 1.82) is 0 Å². The molecule has 2 amide bonds. The number of carbonyl (C=O) groups excluding carboxylic acids is 2. The molecule has 2 aromatic carbocycles. The van der Waals surface area contributed by atoms with E-state index in [1.807, 2.05) is 0 Å². The van der Waals surface area contributed by atoms with E-state index >= 15 is 0 Å². The number of amides is 2. The van der Waals surface area contributed by atoms with Crippen molar-refractivity contribution in [1.82, 2.24) is 0 Å². The van der Waals surface area contributed by atoms with Crippen LogP contribution < -0.4 is 16.1 Å². The SMILES string of the molecule is Cc1c(NC(=O)C2=NN(c3ccc(F)cc3)[C@@H](C(N)=O)C2)cccc1[N+](=O)[O-]. The number of nitro groups is 1. The van der Waals surface area contributed by atoms with Gasteiger partial charge in [0.05, 0.1) is 21.9 Å². The summed E-state index contributed by atoms with van der Waals surface area (Å²) in [5.41, 5.74) is 6.27. The first kappa shape index (κ1) is 19.0. The Bertz CT molecular complexity index is 990. The van der Waals surface area contributed by atoms with E-state index in [2.05, 4.69) is 10.4 Å². The number of primary amides is 1. The van der Waals surface area contributed by atoms with Crippen molar-refractivity contribution in [3.05, 3.63) is 64.0 Å². The normalized spacial score (nSPS) is 15.9. The number of hydrogen-bond acceptors (Lipinski definition) is 6. The number of nitro benzene ring substituents is 1. The Hall–Kier alpha value is -3.82. The molecule has 144 valence electrons. The predicted molar refractivity (Wildman–Crippen MR) is 100 cm³/mol. The van der Waals surface area contributed by atoms with Crippen LogP contribution in [0.15, 0.2) is 47.6 Å². The van der Waals surface area contributed by atoms with Crippen LogP contribution in [0.1, 0.15) is 12.0 Å². The first-order chi connectivity index (χ1) is 13.3. The lowest BCUT2D eigenvalue weighted by atomic mass is 10.1. The van der Waals surface area contributed by atoms with Crippen LogP contribution in [0.4, 0.5) is 21.5 Å². The summed E-state index contributed by atoms with van der Waals surface area (Å²) in [6.45, 7) is 1.52. The van der Waals surface area contributed by atoms with Crippen molar-refractivity contribution in [2.75, 3.05) is 10.3 Å². The number of halogens is 1. The molecule has 1 atom stereocenters. The van der Waals surface area contributed by atoms with Gasteiger partial charge in [0.25, 0.3) is 11.6 Å². The zero-order valence-electron chi connectivity index (χ0n) is 14.8. The molecular formula is C18H16FN5O4. The molecule has 0 bridgehead atoms. The van der Waals surface area contributed by atoms with Crippen LogP contribution in [-0.2, 0) is 9.59 Å². The van der Waals surface area contributed by atoms with Crippen molar-refractivity contribution in [2.24, 2.45) is 10.8 Å². The summed E-state index contributed by atoms with van der Waals surface area (Å²) in [6.07, 6.45) is -0.0491. The highest BCUT2D eigenvalue weighted by atomic mass is 19.1. The van der Waals surface area contributed by atoms with Gasteiger partial charge in [-0.3, -0.25) is 24.7 Å². The number of carbonyl (C=O) groups is 2. The standard InChI is InChI=1S/C18H16FN5O4/c1-10-13(3-2-4-15(10)24(27)28)21-18(26)14-9-16(17(20)25)23(22-14)12-7-5-11(19)6-8-12/h2-8,16H,9H2,1H3,(H2,20,25)(H,21,26)/t16-/m1/s1. The highest BCUT2D eigenvalue weighted by molar-refractivity contribution is 6.44. The lowest BCUT2D eigenvalue weighted by Gasteiger charge is -2.20. The molecule has 0 aromatic heterocycles. The third kappa shape index (κ3) is 3.65. The molecule has 10 heteroatoms. The second kappa shape index (κ2) is 7.43. The average Bonchev–Trinajstić information content (AvgIpc) is 3.09. The molecule has 0 unspecified atom stereocenters. The molecule has 0 fully saturated rings. The Morgan fingerprint density at radius 1 is 1.29 bits per heavy atom. The second-order valence-electron chi connectivity index (χ2n) is 6.15. The van der Waals surface area contributed by atoms with E-state index in [1.54, 1.807) is 0 Å². The number of rotatable bonds is 5. The minimum atomic E-state index is -0.905. The monoisotopic (exact) mass is 385 g/mol. The Kier molecular flexibility index (Phi) is 5.03. The van der Waals surface area contributed by atoms with Crippen LogP contribution in [0.5, 0.6) is 0 Å². The van der Waals surface area contributed by atoms with E-state index in [9.17, 15) is 24.1 Å². The largest absolute Gasteiger partial charge is 0.368 e. The zero-order valence-corrected chi connectivity index (χ0v) is 14.8. The van der Waals surface area contributed by atoms with Crippen LogP contribution in [0.2, 0.25) is 0 Å². The predicted octanol–water partition coefficient (Wildman–Crippen LogP) is 2.10. The molecule has 0 spiro atoms. The quantitative estimate of drug-likeness (QED) is 0.601. The molecule has 0 saturated carbocycles. The van der Waals surface area contributed by atoms with Gasteiger partial charge in [-0.15, -0.1) is 0 Å². The number of nitrogens with two attached hydrogens (primary N) is 1. The lowest BCUT2D eigenvalue weighted by molar-refractivity contribution is -0.385. The van der Waals surface area contributed by atoms with E-state index in [1.165, 1.54) is 54.4 Å². The van der Waals surface area contributed by atoms with Gasteiger partial charge in [-0.2, -0.15) is 5.10 Å². The van der Waals surface area contributed by atoms with Gasteiger partial charge in [0.15, 0.2) is 0 Å². The van der Waals surface area contributed by atoms with Gasteiger partial charge in [0.2, 0.25) is 5.91 Å². The van der Waals surface area contributed by atoms with Gasteiger partial charge in [0, 0.05) is 12.5 Å². The molecule has 1 heterocycles. The second-order valence-corrected chi connectivity index (χ2v) is 6.15. The fourth-order valence-electron chi connectivity index (χ4n) is 2.85. The number of nitrogens with one attached hydrogen (secondary N) is 1. The van der Waals surface area contributed by atoms with E-state index in [0.717, 1.165) is 0 Å². The Balaban J connectivity index is 1.87. The Morgan fingerprint density at radius 2 is 1.96 bits per heavy atom. The smallest absolute Gasteiger partial charge is 0.274 e. The van der Waals surface area contributed by atoms with E-state index in [0.29, 0.717) is 11.3 Å². The first-order valence-corrected chi connectivity index (χ1v) is 8.25. The van der Waals surface area contributed by atoms with Crippen molar-refractivity contribution >= 4 is 34.6 Å². The fourth-order valence-corrected chi connectivity index (χ4v) is 2.85. The molecule has 1 aliphatic rings. The fraction of sp³-hybridized carbons (Fsp3) is 0.167.